The van der Waals surface area contributed by atoms with E-state index in [-0.39, 0.29) is 18.1 Å². The van der Waals surface area contributed by atoms with Crippen molar-refractivity contribution in [2.24, 2.45) is 5.41 Å². The van der Waals surface area contributed by atoms with E-state index in [1.54, 1.807) is 0 Å². The first kappa shape index (κ1) is 14.9. The van der Waals surface area contributed by atoms with Gasteiger partial charge in [0.05, 0.1) is 6.04 Å². The van der Waals surface area contributed by atoms with E-state index >= 15 is 0 Å². The van der Waals surface area contributed by atoms with Crippen LogP contribution in [0.3, 0.4) is 0 Å². The molecule has 1 aromatic rings. The molecule has 0 aromatic heterocycles. The van der Waals surface area contributed by atoms with Crippen molar-refractivity contribution in [3.63, 3.8) is 0 Å². The summed E-state index contributed by atoms with van der Waals surface area (Å²) in [5, 5.41) is 4.15. The van der Waals surface area contributed by atoms with Gasteiger partial charge in [0.1, 0.15) is 6.17 Å². The van der Waals surface area contributed by atoms with Crippen LogP contribution in [0.5, 0.6) is 0 Å². The van der Waals surface area contributed by atoms with Gasteiger partial charge >= 0.3 is 0 Å². The fourth-order valence-corrected chi connectivity index (χ4v) is 3.79. The highest BCUT2D eigenvalue weighted by molar-refractivity contribution is 6.30. The van der Waals surface area contributed by atoms with Gasteiger partial charge in [-0.15, -0.1) is 0 Å². The molecule has 1 aliphatic carbocycles. The smallest absolute Gasteiger partial charge is 0.241 e. The number of rotatable bonds is 2. The van der Waals surface area contributed by atoms with E-state index in [0.717, 1.165) is 23.4 Å². The van der Waals surface area contributed by atoms with Crippen molar-refractivity contribution in [3.8, 4) is 0 Å². The predicted molar refractivity (Wildman–Crippen MR) is 85.1 cm³/mol. The molecule has 1 heterocycles. The molecule has 3 atom stereocenters. The number of hydrogen-bond donors (Lipinski definition) is 1. The maximum Gasteiger partial charge on any atom is 0.241 e. The first-order chi connectivity index (χ1) is 9.87. The normalized spacial score (nSPS) is 31.9. The highest BCUT2D eigenvalue weighted by Crippen LogP contribution is 2.43. The Morgan fingerprint density at radius 3 is 2.52 bits per heavy atom. The van der Waals surface area contributed by atoms with Crippen LogP contribution in [-0.4, -0.2) is 22.9 Å². The van der Waals surface area contributed by atoms with Crippen molar-refractivity contribution in [3.05, 3.63) is 34.9 Å². The van der Waals surface area contributed by atoms with Crippen LogP contribution < -0.4 is 5.32 Å². The van der Waals surface area contributed by atoms with E-state index in [4.69, 9.17) is 11.6 Å². The van der Waals surface area contributed by atoms with Crippen LogP contribution in [0.15, 0.2) is 24.3 Å². The predicted octanol–water partition coefficient (Wildman–Crippen LogP) is 3.74. The summed E-state index contributed by atoms with van der Waals surface area (Å²) in [7, 11) is 0. The molecule has 21 heavy (non-hydrogen) atoms. The summed E-state index contributed by atoms with van der Waals surface area (Å²) in [6.45, 7) is 6.54. The van der Waals surface area contributed by atoms with Gasteiger partial charge in [-0.05, 0) is 49.3 Å². The van der Waals surface area contributed by atoms with E-state index in [1.807, 2.05) is 31.2 Å². The fraction of sp³-hybridized carbons (Fsp3) is 0.588. The molecule has 0 bridgehead atoms. The second-order valence-electron chi connectivity index (χ2n) is 7.15. The third-order valence-corrected chi connectivity index (χ3v) is 5.08. The van der Waals surface area contributed by atoms with E-state index in [9.17, 15) is 4.79 Å². The fourth-order valence-electron chi connectivity index (χ4n) is 3.67. The van der Waals surface area contributed by atoms with E-state index in [0.29, 0.717) is 11.5 Å². The van der Waals surface area contributed by atoms with Gasteiger partial charge in [0.15, 0.2) is 0 Å². The van der Waals surface area contributed by atoms with Gasteiger partial charge in [-0.1, -0.05) is 37.6 Å². The van der Waals surface area contributed by atoms with E-state index in [2.05, 4.69) is 24.1 Å². The number of halogens is 1. The summed E-state index contributed by atoms with van der Waals surface area (Å²) in [6, 6.07) is 8.03. The lowest BCUT2D eigenvalue weighted by Gasteiger charge is -2.31. The minimum atomic E-state index is -0.116. The Morgan fingerprint density at radius 2 is 1.95 bits per heavy atom. The molecule has 4 heteroatoms. The number of nitrogens with one attached hydrogen (secondary N) is 1. The zero-order chi connectivity index (χ0) is 15.2. The van der Waals surface area contributed by atoms with Gasteiger partial charge in [-0.2, -0.15) is 0 Å². The van der Waals surface area contributed by atoms with Gasteiger partial charge in [-0.3, -0.25) is 10.1 Å². The molecule has 1 aliphatic heterocycles. The number of benzene rings is 1. The van der Waals surface area contributed by atoms with Crippen LogP contribution in [0.2, 0.25) is 5.02 Å². The number of nitrogens with zero attached hydrogens (tertiary/aromatic N) is 1. The average molecular weight is 307 g/mol. The molecule has 3 rings (SSSR count). The topological polar surface area (TPSA) is 32.3 Å². The zero-order valence-electron chi connectivity index (χ0n) is 12.9. The molecule has 3 nitrogen and oxygen atoms in total. The van der Waals surface area contributed by atoms with E-state index in [1.165, 1.54) is 6.42 Å². The third-order valence-electron chi connectivity index (χ3n) is 4.83. The Morgan fingerprint density at radius 1 is 1.29 bits per heavy atom. The molecule has 0 spiro atoms. The highest BCUT2D eigenvalue weighted by Gasteiger charge is 2.45. The summed E-state index contributed by atoms with van der Waals surface area (Å²) in [5.74, 6) is 0.220. The first-order valence-electron chi connectivity index (χ1n) is 7.71. The Hall–Kier alpha value is -1.06. The second-order valence-corrected chi connectivity index (χ2v) is 7.59. The lowest BCUT2D eigenvalue weighted by atomic mass is 9.91. The molecule has 2 fully saturated rings. The van der Waals surface area contributed by atoms with Crippen LogP contribution in [0.1, 0.15) is 51.8 Å². The molecule has 1 N–H and O–H groups in total. The SMILES string of the molecule is CC1NC(c2ccc(Cl)cc2)N(C2CCC(C)(C)C2)C1=O. The van der Waals surface area contributed by atoms with Crippen molar-refractivity contribution < 1.29 is 4.79 Å². The minimum Gasteiger partial charge on any atom is -0.319 e. The zero-order valence-corrected chi connectivity index (χ0v) is 13.7. The van der Waals surface area contributed by atoms with Crippen LogP contribution in [0.25, 0.3) is 0 Å². The molecule has 1 aromatic carbocycles. The molecule has 114 valence electrons. The number of hydrogen-bond acceptors (Lipinski definition) is 2. The van der Waals surface area contributed by atoms with Crippen molar-refractivity contribution in [1.82, 2.24) is 10.2 Å². The molecule has 2 aliphatic rings. The average Bonchev–Trinajstić information content (AvgIpc) is 2.91. The molecule has 3 unspecified atom stereocenters. The quantitative estimate of drug-likeness (QED) is 0.903. The monoisotopic (exact) mass is 306 g/mol. The lowest BCUT2D eigenvalue weighted by molar-refractivity contribution is -0.132. The van der Waals surface area contributed by atoms with Gasteiger partial charge in [0, 0.05) is 11.1 Å². The number of carbonyl (C=O) groups excluding carboxylic acids is 1. The molecular weight excluding hydrogens is 284 g/mol. The van der Waals surface area contributed by atoms with Gasteiger partial charge in [0.25, 0.3) is 0 Å². The first-order valence-corrected chi connectivity index (χ1v) is 8.09. The van der Waals surface area contributed by atoms with Crippen molar-refractivity contribution in [2.45, 2.75) is 58.3 Å². The largest absolute Gasteiger partial charge is 0.319 e. The summed E-state index contributed by atoms with van der Waals surface area (Å²) >= 11 is 5.98. The van der Waals surface area contributed by atoms with Gasteiger partial charge < -0.3 is 4.90 Å². The molecule has 0 radical (unpaired) electrons. The Labute approximate surface area is 131 Å². The van der Waals surface area contributed by atoms with Crippen molar-refractivity contribution in [1.29, 1.82) is 0 Å². The van der Waals surface area contributed by atoms with Crippen LogP contribution in [-0.2, 0) is 4.79 Å². The van der Waals surface area contributed by atoms with E-state index < -0.39 is 0 Å². The molecule has 1 amide bonds. The summed E-state index contributed by atoms with van der Waals surface area (Å²) < 4.78 is 0. The third kappa shape index (κ3) is 2.82. The summed E-state index contributed by atoms with van der Waals surface area (Å²) in [6.07, 6.45) is 3.33. The van der Waals surface area contributed by atoms with Gasteiger partial charge in [-0.25, -0.2) is 0 Å². The van der Waals surface area contributed by atoms with Crippen molar-refractivity contribution in [2.75, 3.05) is 0 Å². The molecule has 1 saturated carbocycles. The Kier molecular flexibility index (Phi) is 3.74. The van der Waals surface area contributed by atoms with Crippen LogP contribution in [0, 0.1) is 5.41 Å². The molecular formula is C17H23ClN2O. The summed E-state index contributed by atoms with van der Waals surface area (Å²) in [5.41, 5.74) is 1.45. The Bertz CT molecular complexity index is 540. The minimum absolute atomic E-state index is 0.0244. The highest BCUT2D eigenvalue weighted by atomic mass is 35.5. The summed E-state index contributed by atoms with van der Waals surface area (Å²) in [4.78, 5) is 14.7. The maximum atomic E-state index is 12.6. The lowest BCUT2D eigenvalue weighted by Crippen LogP contribution is -2.39. The van der Waals surface area contributed by atoms with Crippen LogP contribution in [0.4, 0.5) is 0 Å². The number of amides is 1. The van der Waals surface area contributed by atoms with Gasteiger partial charge in [0.2, 0.25) is 5.91 Å². The Balaban J connectivity index is 1.88. The number of carbonyl (C=O) groups is 1. The second kappa shape index (κ2) is 5.29. The molecule has 1 saturated heterocycles. The van der Waals surface area contributed by atoms with Crippen molar-refractivity contribution >= 4 is 17.5 Å². The van der Waals surface area contributed by atoms with Crippen LogP contribution >= 0.6 is 11.6 Å². The standard InChI is InChI=1S/C17H23ClN2O/c1-11-16(21)20(14-8-9-17(2,3)10-14)15(19-11)12-4-6-13(18)7-5-12/h4-7,11,14-15,19H,8-10H2,1-3H3. The maximum absolute atomic E-state index is 12.6.